The van der Waals surface area contributed by atoms with Crippen molar-refractivity contribution in [2.75, 3.05) is 26.3 Å². The lowest BCUT2D eigenvalue weighted by Gasteiger charge is -2.39. The maximum atomic E-state index is 12.9. The van der Waals surface area contributed by atoms with Gasteiger partial charge in [0.25, 0.3) is 0 Å². The van der Waals surface area contributed by atoms with E-state index in [-0.39, 0.29) is 23.7 Å². The van der Waals surface area contributed by atoms with Gasteiger partial charge in [0.2, 0.25) is 5.91 Å². The zero-order valence-corrected chi connectivity index (χ0v) is 15.9. The minimum Gasteiger partial charge on any atom is -0.381 e. The van der Waals surface area contributed by atoms with Gasteiger partial charge in [0, 0.05) is 36.6 Å². The number of carbonyl (C=O) groups is 1. The number of carbonyl (C=O) groups excluding carboxylic acids is 1. The van der Waals surface area contributed by atoms with Crippen molar-refractivity contribution in [3.63, 3.8) is 0 Å². The van der Waals surface area contributed by atoms with Crippen molar-refractivity contribution in [3.8, 4) is 0 Å². The minimum atomic E-state index is -0.427. The highest BCUT2D eigenvalue weighted by Crippen LogP contribution is 2.41. The Labute approximate surface area is 154 Å². The van der Waals surface area contributed by atoms with Crippen LogP contribution in [0.15, 0.2) is 17.5 Å². The molecule has 0 spiro atoms. The second kappa shape index (κ2) is 8.65. The van der Waals surface area contributed by atoms with E-state index in [4.69, 9.17) is 10.5 Å². The molecule has 0 radical (unpaired) electrons. The van der Waals surface area contributed by atoms with Crippen LogP contribution in [0.3, 0.4) is 0 Å². The quantitative estimate of drug-likeness (QED) is 0.833. The normalized spacial score (nSPS) is 22.4. The third kappa shape index (κ3) is 3.96. The van der Waals surface area contributed by atoms with Gasteiger partial charge in [0.1, 0.15) is 0 Å². The van der Waals surface area contributed by atoms with Crippen molar-refractivity contribution >= 4 is 29.7 Å². The van der Waals surface area contributed by atoms with Crippen molar-refractivity contribution in [3.05, 3.63) is 22.4 Å². The zero-order valence-electron chi connectivity index (χ0n) is 14.2. The lowest BCUT2D eigenvalue weighted by molar-refractivity contribution is -0.136. The van der Waals surface area contributed by atoms with Crippen LogP contribution < -0.4 is 11.1 Å². The first-order valence-corrected chi connectivity index (χ1v) is 9.69. The first kappa shape index (κ1) is 19.7. The van der Waals surface area contributed by atoms with Gasteiger partial charge in [0.15, 0.2) is 0 Å². The average Bonchev–Trinajstić information content (AvgIpc) is 3.16. The lowest BCUT2D eigenvalue weighted by atomic mass is 9.72. The van der Waals surface area contributed by atoms with E-state index in [1.165, 1.54) is 37.0 Å². The highest BCUT2D eigenvalue weighted by atomic mass is 35.5. The van der Waals surface area contributed by atoms with E-state index in [2.05, 4.69) is 22.8 Å². The maximum absolute atomic E-state index is 12.9. The molecule has 1 aliphatic carbocycles. The Balaban J connectivity index is 0.00000208. The number of amides is 1. The third-order valence-electron chi connectivity index (χ3n) is 5.76. The van der Waals surface area contributed by atoms with Crippen LogP contribution in [-0.4, -0.2) is 32.2 Å². The van der Waals surface area contributed by atoms with E-state index in [0.717, 1.165) is 19.4 Å². The van der Waals surface area contributed by atoms with E-state index >= 15 is 0 Å². The maximum Gasteiger partial charge on any atom is 0.227 e. The number of halogens is 1. The molecular formula is C18H29ClN2O2S. The van der Waals surface area contributed by atoms with E-state index < -0.39 is 5.41 Å². The summed E-state index contributed by atoms with van der Waals surface area (Å²) in [6.45, 7) is 2.44. The van der Waals surface area contributed by atoms with Gasteiger partial charge in [0.05, 0.1) is 5.41 Å². The van der Waals surface area contributed by atoms with Gasteiger partial charge in [-0.15, -0.1) is 23.7 Å². The fourth-order valence-electron chi connectivity index (χ4n) is 4.04. The average molecular weight is 373 g/mol. The number of rotatable bonds is 5. The van der Waals surface area contributed by atoms with Gasteiger partial charge in [-0.1, -0.05) is 25.3 Å². The van der Waals surface area contributed by atoms with E-state index in [9.17, 15) is 4.79 Å². The SMILES string of the molecule is Cl.NCC1(C(=O)NCC2(c3cccs3)CCCCC2)CCOCC1. The molecule has 1 amide bonds. The molecule has 1 aliphatic heterocycles. The first-order valence-electron chi connectivity index (χ1n) is 8.81. The van der Waals surface area contributed by atoms with Crippen LogP contribution in [0.4, 0.5) is 0 Å². The third-order valence-corrected chi connectivity index (χ3v) is 6.88. The number of nitrogens with two attached hydrogens (primary N) is 1. The summed E-state index contributed by atoms with van der Waals surface area (Å²) < 4.78 is 5.42. The molecular weight excluding hydrogens is 344 g/mol. The number of ether oxygens (including phenoxy) is 1. The van der Waals surface area contributed by atoms with Gasteiger partial charge >= 0.3 is 0 Å². The van der Waals surface area contributed by atoms with E-state index in [0.29, 0.717) is 19.8 Å². The summed E-state index contributed by atoms with van der Waals surface area (Å²) in [5.74, 6) is 0.129. The molecule has 1 aromatic heterocycles. The molecule has 6 heteroatoms. The Morgan fingerprint density at radius 1 is 1.21 bits per heavy atom. The minimum absolute atomic E-state index is 0. The molecule has 4 nitrogen and oxygen atoms in total. The summed E-state index contributed by atoms with van der Waals surface area (Å²) in [6.07, 6.45) is 7.64. The van der Waals surface area contributed by atoms with E-state index in [1.807, 2.05) is 11.3 Å². The number of nitrogens with one attached hydrogen (secondary N) is 1. The van der Waals surface area contributed by atoms with Crippen molar-refractivity contribution in [2.45, 2.75) is 50.4 Å². The highest BCUT2D eigenvalue weighted by Gasteiger charge is 2.41. The molecule has 3 rings (SSSR count). The lowest BCUT2D eigenvalue weighted by Crippen LogP contribution is -2.52. The van der Waals surface area contributed by atoms with Crippen LogP contribution in [0.1, 0.15) is 49.8 Å². The first-order chi connectivity index (χ1) is 11.2. The van der Waals surface area contributed by atoms with Crippen LogP contribution in [0.5, 0.6) is 0 Å². The summed E-state index contributed by atoms with van der Waals surface area (Å²) in [5, 5.41) is 5.42. The Morgan fingerprint density at radius 3 is 2.50 bits per heavy atom. The predicted octanol–water partition coefficient (Wildman–Crippen LogP) is 3.24. The molecule has 136 valence electrons. The Bertz CT molecular complexity index is 509. The van der Waals surface area contributed by atoms with Gasteiger partial charge in [-0.05, 0) is 37.1 Å². The van der Waals surface area contributed by atoms with Crippen molar-refractivity contribution in [2.24, 2.45) is 11.1 Å². The van der Waals surface area contributed by atoms with Gasteiger partial charge in [-0.3, -0.25) is 4.79 Å². The summed E-state index contributed by atoms with van der Waals surface area (Å²) in [6, 6.07) is 4.35. The largest absolute Gasteiger partial charge is 0.381 e. The Kier molecular flexibility index (Phi) is 7.10. The fourth-order valence-corrected chi connectivity index (χ4v) is 5.03. The molecule has 1 aromatic rings. The molecule has 1 saturated carbocycles. The van der Waals surface area contributed by atoms with Gasteiger partial charge in [-0.2, -0.15) is 0 Å². The molecule has 0 bridgehead atoms. The molecule has 0 aromatic carbocycles. The molecule has 2 fully saturated rings. The second-order valence-corrected chi connectivity index (χ2v) is 8.05. The summed E-state index contributed by atoms with van der Waals surface area (Å²) in [4.78, 5) is 14.3. The Morgan fingerprint density at radius 2 is 1.92 bits per heavy atom. The highest BCUT2D eigenvalue weighted by molar-refractivity contribution is 7.10. The molecule has 2 aliphatic rings. The summed E-state index contributed by atoms with van der Waals surface area (Å²) in [5.41, 5.74) is 5.66. The van der Waals surface area contributed by atoms with Crippen molar-refractivity contribution in [1.29, 1.82) is 0 Å². The van der Waals surface area contributed by atoms with Crippen LogP contribution in [-0.2, 0) is 14.9 Å². The van der Waals surface area contributed by atoms with Gasteiger partial charge < -0.3 is 15.8 Å². The monoisotopic (exact) mass is 372 g/mol. The number of thiophene rings is 1. The topological polar surface area (TPSA) is 64.4 Å². The smallest absolute Gasteiger partial charge is 0.227 e. The van der Waals surface area contributed by atoms with Crippen LogP contribution in [0, 0.1) is 5.41 Å². The zero-order chi connectivity index (χ0) is 16.2. The number of hydrogen-bond acceptors (Lipinski definition) is 4. The molecule has 24 heavy (non-hydrogen) atoms. The number of hydrogen-bond donors (Lipinski definition) is 2. The predicted molar refractivity (Wildman–Crippen MR) is 101 cm³/mol. The molecule has 2 heterocycles. The fraction of sp³-hybridized carbons (Fsp3) is 0.722. The summed E-state index contributed by atoms with van der Waals surface area (Å²) in [7, 11) is 0. The van der Waals surface area contributed by atoms with Crippen molar-refractivity contribution in [1.82, 2.24) is 5.32 Å². The standard InChI is InChI=1S/C18H28N2O2S.ClH/c19-13-17(8-10-22-11-9-17)16(21)20-14-18(6-2-1-3-7-18)15-5-4-12-23-15;/h4-5,12H,1-3,6-11,13-14,19H2,(H,20,21);1H. The molecule has 3 N–H and O–H groups in total. The summed E-state index contributed by atoms with van der Waals surface area (Å²) >= 11 is 1.82. The molecule has 0 atom stereocenters. The molecule has 1 saturated heterocycles. The van der Waals surface area contributed by atoms with Crippen LogP contribution in [0.2, 0.25) is 0 Å². The second-order valence-electron chi connectivity index (χ2n) is 7.10. The van der Waals surface area contributed by atoms with Crippen LogP contribution in [0.25, 0.3) is 0 Å². The van der Waals surface area contributed by atoms with Crippen LogP contribution >= 0.6 is 23.7 Å². The molecule has 0 unspecified atom stereocenters. The Hall–Kier alpha value is -0.620. The van der Waals surface area contributed by atoms with Crippen molar-refractivity contribution < 1.29 is 9.53 Å². The van der Waals surface area contributed by atoms with Gasteiger partial charge in [-0.25, -0.2) is 0 Å². The van der Waals surface area contributed by atoms with E-state index in [1.54, 1.807) is 0 Å².